The summed E-state index contributed by atoms with van der Waals surface area (Å²) < 4.78 is 4.75. The highest BCUT2D eigenvalue weighted by molar-refractivity contribution is 5.82. The minimum atomic E-state index is -0.362. The van der Waals surface area contributed by atoms with E-state index in [1.807, 2.05) is 30.3 Å². The summed E-state index contributed by atoms with van der Waals surface area (Å²) in [7, 11) is 1.37. The molecular formula is C19H23N3O3. The quantitative estimate of drug-likeness (QED) is 0.927. The minimum absolute atomic E-state index is 0.00167. The SMILES string of the molecule is COC(=O)N1CCCC(C(=O)NCCc2cccc3cccnc23)C1. The molecule has 1 unspecified atom stereocenters. The number of piperidine rings is 1. The van der Waals surface area contributed by atoms with Crippen LogP contribution in [0, 0.1) is 5.92 Å². The number of aromatic nitrogens is 1. The fourth-order valence-electron chi connectivity index (χ4n) is 3.32. The van der Waals surface area contributed by atoms with Gasteiger partial charge in [-0.25, -0.2) is 4.79 Å². The lowest BCUT2D eigenvalue weighted by Crippen LogP contribution is -2.45. The molecule has 1 aromatic heterocycles. The highest BCUT2D eigenvalue weighted by Gasteiger charge is 2.28. The van der Waals surface area contributed by atoms with Crippen LogP contribution in [-0.2, 0) is 16.0 Å². The van der Waals surface area contributed by atoms with Crippen molar-refractivity contribution in [3.63, 3.8) is 0 Å². The lowest BCUT2D eigenvalue weighted by Gasteiger charge is -2.30. The molecule has 1 atom stereocenters. The number of ether oxygens (including phenoxy) is 1. The number of benzene rings is 1. The lowest BCUT2D eigenvalue weighted by molar-refractivity contribution is -0.126. The Kier molecular flexibility index (Phi) is 5.48. The first kappa shape index (κ1) is 17.2. The van der Waals surface area contributed by atoms with Crippen LogP contribution in [-0.4, -0.2) is 48.6 Å². The van der Waals surface area contributed by atoms with E-state index in [1.54, 1.807) is 11.1 Å². The first-order valence-electron chi connectivity index (χ1n) is 8.62. The molecule has 6 nitrogen and oxygen atoms in total. The van der Waals surface area contributed by atoms with Gasteiger partial charge in [0.05, 0.1) is 18.5 Å². The van der Waals surface area contributed by atoms with E-state index in [9.17, 15) is 9.59 Å². The summed E-state index contributed by atoms with van der Waals surface area (Å²) in [4.78, 5) is 30.1. The van der Waals surface area contributed by atoms with E-state index >= 15 is 0 Å². The van der Waals surface area contributed by atoms with Gasteiger partial charge in [0, 0.05) is 31.2 Å². The molecule has 0 aliphatic carbocycles. The average molecular weight is 341 g/mol. The highest BCUT2D eigenvalue weighted by Crippen LogP contribution is 2.18. The van der Waals surface area contributed by atoms with Crippen LogP contribution in [0.15, 0.2) is 36.5 Å². The number of methoxy groups -OCH3 is 1. The van der Waals surface area contributed by atoms with Crippen molar-refractivity contribution >= 4 is 22.9 Å². The van der Waals surface area contributed by atoms with E-state index in [2.05, 4.69) is 10.3 Å². The molecule has 2 aromatic rings. The summed E-state index contributed by atoms with van der Waals surface area (Å²) in [5, 5.41) is 4.10. The number of nitrogens with one attached hydrogen (secondary N) is 1. The summed E-state index contributed by atoms with van der Waals surface area (Å²) >= 11 is 0. The molecule has 0 radical (unpaired) electrons. The standard InChI is InChI=1S/C19H23N3O3/c1-25-19(24)22-12-4-8-16(13-22)18(23)21-11-9-15-6-2-5-14-7-3-10-20-17(14)15/h2-3,5-7,10,16H,4,8-9,11-13H2,1H3,(H,21,23). The van der Waals surface area contributed by atoms with Gasteiger partial charge >= 0.3 is 6.09 Å². The second kappa shape index (κ2) is 7.96. The van der Waals surface area contributed by atoms with Gasteiger partial charge in [0.15, 0.2) is 0 Å². The number of nitrogens with zero attached hydrogens (tertiary/aromatic N) is 2. The van der Waals surface area contributed by atoms with E-state index in [1.165, 1.54) is 7.11 Å². The normalized spacial score (nSPS) is 17.3. The third-order valence-electron chi connectivity index (χ3n) is 4.63. The molecule has 1 N–H and O–H groups in total. The fourth-order valence-corrected chi connectivity index (χ4v) is 3.32. The second-order valence-corrected chi connectivity index (χ2v) is 6.29. The van der Waals surface area contributed by atoms with E-state index in [0.717, 1.165) is 35.7 Å². The average Bonchev–Trinajstić information content (AvgIpc) is 2.67. The number of hydrogen-bond donors (Lipinski definition) is 1. The van der Waals surface area contributed by atoms with Crippen molar-refractivity contribution in [3.8, 4) is 0 Å². The van der Waals surface area contributed by atoms with Crippen molar-refractivity contribution in [2.45, 2.75) is 19.3 Å². The molecule has 1 saturated heterocycles. The predicted molar refractivity (Wildman–Crippen MR) is 95.2 cm³/mol. The summed E-state index contributed by atoms with van der Waals surface area (Å²) in [5.74, 6) is -0.166. The maximum atomic E-state index is 12.4. The lowest BCUT2D eigenvalue weighted by atomic mass is 9.97. The van der Waals surface area contributed by atoms with Crippen molar-refractivity contribution in [3.05, 3.63) is 42.1 Å². The van der Waals surface area contributed by atoms with Gasteiger partial charge in [-0.15, -0.1) is 0 Å². The van der Waals surface area contributed by atoms with Gasteiger partial charge in [-0.05, 0) is 30.9 Å². The first-order chi connectivity index (χ1) is 12.2. The van der Waals surface area contributed by atoms with Crippen LogP contribution >= 0.6 is 0 Å². The first-order valence-corrected chi connectivity index (χ1v) is 8.62. The van der Waals surface area contributed by atoms with Crippen LogP contribution < -0.4 is 5.32 Å². The molecule has 6 heteroatoms. The van der Waals surface area contributed by atoms with Crippen LogP contribution in [0.4, 0.5) is 4.79 Å². The van der Waals surface area contributed by atoms with E-state index in [4.69, 9.17) is 4.74 Å². The Bertz CT molecular complexity index is 757. The Hall–Kier alpha value is -2.63. The molecule has 1 aliphatic rings. The van der Waals surface area contributed by atoms with Crippen LogP contribution in [0.3, 0.4) is 0 Å². The maximum absolute atomic E-state index is 12.4. The molecule has 2 amide bonds. The number of likely N-dealkylation sites (tertiary alicyclic amines) is 1. The molecule has 25 heavy (non-hydrogen) atoms. The Morgan fingerprint density at radius 1 is 1.32 bits per heavy atom. The van der Waals surface area contributed by atoms with Gasteiger partial charge in [-0.2, -0.15) is 0 Å². The third-order valence-corrected chi connectivity index (χ3v) is 4.63. The van der Waals surface area contributed by atoms with E-state index in [0.29, 0.717) is 19.6 Å². The summed E-state index contributed by atoms with van der Waals surface area (Å²) in [6.07, 6.45) is 3.77. The zero-order valence-corrected chi connectivity index (χ0v) is 14.4. The highest BCUT2D eigenvalue weighted by atomic mass is 16.5. The molecule has 0 spiro atoms. The Morgan fingerprint density at radius 2 is 2.16 bits per heavy atom. The predicted octanol–water partition coefficient (Wildman–Crippen LogP) is 2.37. The summed E-state index contributed by atoms with van der Waals surface area (Å²) in [5.41, 5.74) is 2.10. The number of hydrogen-bond acceptors (Lipinski definition) is 4. The van der Waals surface area contributed by atoms with E-state index < -0.39 is 0 Å². The Morgan fingerprint density at radius 3 is 3.00 bits per heavy atom. The van der Waals surface area contributed by atoms with Crippen molar-refractivity contribution in [2.75, 3.05) is 26.7 Å². The number of carbonyl (C=O) groups is 2. The van der Waals surface area contributed by atoms with Gasteiger partial charge in [0.25, 0.3) is 0 Å². The fraction of sp³-hybridized carbons (Fsp3) is 0.421. The molecule has 3 rings (SSSR count). The van der Waals surface area contributed by atoms with Crippen LogP contribution in [0.25, 0.3) is 10.9 Å². The zero-order chi connectivity index (χ0) is 17.6. The van der Waals surface area contributed by atoms with Crippen LogP contribution in [0.2, 0.25) is 0 Å². The molecule has 1 fully saturated rings. The number of pyridine rings is 1. The summed E-state index contributed by atoms with van der Waals surface area (Å²) in [6.45, 7) is 1.63. The Labute approximate surface area is 147 Å². The molecule has 0 saturated carbocycles. The van der Waals surface area contributed by atoms with Crippen LogP contribution in [0.1, 0.15) is 18.4 Å². The second-order valence-electron chi connectivity index (χ2n) is 6.29. The number of rotatable bonds is 4. The number of para-hydroxylation sites is 1. The van der Waals surface area contributed by atoms with E-state index in [-0.39, 0.29) is 17.9 Å². The largest absolute Gasteiger partial charge is 0.453 e. The zero-order valence-electron chi connectivity index (χ0n) is 14.4. The number of carbonyl (C=O) groups excluding carboxylic acids is 2. The van der Waals surface area contributed by atoms with Crippen molar-refractivity contribution < 1.29 is 14.3 Å². The van der Waals surface area contributed by atoms with Crippen molar-refractivity contribution in [1.29, 1.82) is 0 Å². The van der Waals surface area contributed by atoms with Crippen LogP contribution in [0.5, 0.6) is 0 Å². The van der Waals surface area contributed by atoms with Gasteiger partial charge < -0.3 is 15.0 Å². The monoisotopic (exact) mass is 341 g/mol. The maximum Gasteiger partial charge on any atom is 0.409 e. The molecule has 0 bridgehead atoms. The van der Waals surface area contributed by atoms with Gasteiger partial charge in [-0.3, -0.25) is 9.78 Å². The minimum Gasteiger partial charge on any atom is -0.453 e. The molecular weight excluding hydrogens is 318 g/mol. The third kappa shape index (κ3) is 4.07. The topological polar surface area (TPSA) is 71.5 Å². The number of amides is 2. The van der Waals surface area contributed by atoms with Gasteiger partial charge in [0.2, 0.25) is 5.91 Å². The van der Waals surface area contributed by atoms with Crippen molar-refractivity contribution in [1.82, 2.24) is 15.2 Å². The smallest absolute Gasteiger partial charge is 0.409 e. The molecule has 1 aliphatic heterocycles. The molecule has 2 heterocycles. The van der Waals surface area contributed by atoms with Crippen molar-refractivity contribution in [2.24, 2.45) is 5.92 Å². The Balaban J connectivity index is 1.54. The summed E-state index contributed by atoms with van der Waals surface area (Å²) in [6, 6.07) is 10.0. The molecule has 1 aromatic carbocycles. The van der Waals surface area contributed by atoms with Gasteiger partial charge in [-0.1, -0.05) is 24.3 Å². The number of fused-ring (bicyclic) bond motifs is 1. The molecule has 132 valence electrons. The van der Waals surface area contributed by atoms with Gasteiger partial charge in [0.1, 0.15) is 0 Å².